The van der Waals surface area contributed by atoms with Crippen molar-refractivity contribution >= 4 is 29.1 Å². The molecule has 0 saturated carbocycles. The first-order chi connectivity index (χ1) is 13.3. The Kier molecular flexibility index (Phi) is 5.40. The van der Waals surface area contributed by atoms with Crippen molar-refractivity contribution in [2.75, 3.05) is 6.61 Å². The number of aromatic amines is 1. The number of esters is 3. The van der Waals surface area contributed by atoms with Gasteiger partial charge in [0.05, 0.1) is 19.3 Å². The highest BCUT2D eigenvalue weighted by Gasteiger charge is 2.48. The van der Waals surface area contributed by atoms with E-state index in [0.29, 0.717) is 0 Å². The number of rotatable bonds is 4. The average molecular weight is 394 g/mol. The molecular formula is C16H18N4O8. The topological polar surface area (TPSA) is 152 Å². The summed E-state index contributed by atoms with van der Waals surface area (Å²) in [5.41, 5.74) is -0.227. The number of nitrogens with zero attached hydrogens (tertiary/aromatic N) is 3. The van der Waals surface area contributed by atoms with E-state index in [2.05, 4.69) is 15.0 Å². The van der Waals surface area contributed by atoms with E-state index >= 15 is 0 Å². The normalized spacial score (nSPS) is 24.5. The Labute approximate surface area is 157 Å². The molecule has 1 N–H and O–H groups in total. The first kappa shape index (κ1) is 19.5. The molecule has 12 heteroatoms. The third kappa shape index (κ3) is 3.86. The maximum Gasteiger partial charge on any atom is 0.303 e. The van der Waals surface area contributed by atoms with E-state index < -0.39 is 48.0 Å². The fraction of sp³-hybridized carbons (Fsp3) is 0.500. The Bertz CT molecular complexity index is 967. The number of fused-ring (bicyclic) bond motifs is 1. The van der Waals surface area contributed by atoms with Crippen LogP contribution in [-0.2, 0) is 33.3 Å². The van der Waals surface area contributed by atoms with Crippen molar-refractivity contribution in [3.05, 3.63) is 23.0 Å². The number of nitrogens with one attached hydrogen (secondary N) is 1. The second-order valence-electron chi connectivity index (χ2n) is 6.08. The van der Waals surface area contributed by atoms with E-state index in [1.807, 2.05) is 0 Å². The maximum absolute atomic E-state index is 11.9. The second kappa shape index (κ2) is 7.76. The molecule has 1 aliphatic rings. The molecular weight excluding hydrogens is 376 g/mol. The molecule has 4 atom stereocenters. The van der Waals surface area contributed by atoms with Gasteiger partial charge in [-0.2, -0.15) is 0 Å². The Morgan fingerprint density at radius 3 is 2.36 bits per heavy atom. The van der Waals surface area contributed by atoms with E-state index in [9.17, 15) is 19.2 Å². The van der Waals surface area contributed by atoms with Crippen LogP contribution in [0.5, 0.6) is 0 Å². The first-order valence-electron chi connectivity index (χ1n) is 8.31. The maximum atomic E-state index is 11.9. The number of H-pyrrole nitrogens is 1. The lowest BCUT2D eigenvalue weighted by Crippen LogP contribution is -2.55. The van der Waals surface area contributed by atoms with Gasteiger partial charge in [0, 0.05) is 20.8 Å². The standard InChI is InChI=1S/C16H18N4O8/c1-7(21)26-10-4-25-16(13(28-9(3)23)12(10)27-8(2)22)20-6-19-11-14(20)17-5-18-15(11)24/h5-6,10,12-13,16H,4H2,1-3H3,(H,17,18,24)/t10-,12-,13+,16-/m1/s1. The van der Waals surface area contributed by atoms with Crippen molar-refractivity contribution in [3.63, 3.8) is 0 Å². The van der Waals surface area contributed by atoms with E-state index in [-0.39, 0.29) is 17.8 Å². The van der Waals surface area contributed by atoms with Gasteiger partial charge in [-0.25, -0.2) is 9.97 Å². The molecule has 0 aromatic carbocycles. The SMILES string of the molecule is CC(=O)O[C@H]1[C@H](OC(C)=O)[C@H](OC(C)=O)CO[C@H]1n1cnc2c(=O)[nH]cnc21. The van der Waals surface area contributed by atoms with Crippen LogP contribution >= 0.6 is 0 Å². The molecule has 1 aliphatic heterocycles. The lowest BCUT2D eigenvalue weighted by atomic mass is 10.0. The number of hydrogen-bond acceptors (Lipinski definition) is 10. The summed E-state index contributed by atoms with van der Waals surface area (Å²) in [5, 5.41) is 0. The van der Waals surface area contributed by atoms with Gasteiger partial charge in [-0.3, -0.25) is 23.7 Å². The van der Waals surface area contributed by atoms with E-state index in [4.69, 9.17) is 18.9 Å². The number of aromatic nitrogens is 4. The minimum atomic E-state index is -1.18. The van der Waals surface area contributed by atoms with Crippen molar-refractivity contribution in [1.29, 1.82) is 0 Å². The third-order valence-corrected chi connectivity index (χ3v) is 3.96. The summed E-state index contributed by atoms with van der Waals surface area (Å²) in [6, 6.07) is 0. The molecule has 0 unspecified atom stereocenters. The smallest absolute Gasteiger partial charge is 0.303 e. The van der Waals surface area contributed by atoms with Gasteiger partial charge in [0.15, 0.2) is 35.7 Å². The third-order valence-electron chi connectivity index (χ3n) is 3.96. The van der Waals surface area contributed by atoms with Gasteiger partial charge in [-0.1, -0.05) is 0 Å². The van der Waals surface area contributed by atoms with Crippen LogP contribution in [0.1, 0.15) is 27.0 Å². The summed E-state index contributed by atoms with van der Waals surface area (Å²) < 4.78 is 22.9. The van der Waals surface area contributed by atoms with Crippen LogP contribution in [0.2, 0.25) is 0 Å². The largest absolute Gasteiger partial charge is 0.456 e. The molecule has 12 nitrogen and oxygen atoms in total. The summed E-state index contributed by atoms with van der Waals surface area (Å²) >= 11 is 0. The predicted octanol–water partition coefficient (Wildman–Crippen LogP) is -0.556. The number of imidazole rings is 1. The zero-order valence-electron chi connectivity index (χ0n) is 15.3. The lowest BCUT2D eigenvalue weighted by Gasteiger charge is -2.40. The van der Waals surface area contributed by atoms with E-state index in [1.165, 1.54) is 38.0 Å². The fourth-order valence-electron chi connectivity index (χ4n) is 3.01. The number of carbonyl (C=O) groups is 3. The van der Waals surface area contributed by atoms with Crippen LogP contribution in [0.25, 0.3) is 11.2 Å². The monoisotopic (exact) mass is 394 g/mol. The van der Waals surface area contributed by atoms with Gasteiger partial charge in [-0.15, -0.1) is 0 Å². The van der Waals surface area contributed by atoms with Crippen molar-refractivity contribution in [2.45, 2.75) is 45.3 Å². The molecule has 2 aromatic heterocycles. The van der Waals surface area contributed by atoms with Crippen molar-refractivity contribution < 1.29 is 33.3 Å². The van der Waals surface area contributed by atoms with Crippen LogP contribution in [0.3, 0.4) is 0 Å². The minimum absolute atomic E-state index is 0.0545. The molecule has 0 aliphatic carbocycles. The predicted molar refractivity (Wildman–Crippen MR) is 89.8 cm³/mol. The highest BCUT2D eigenvalue weighted by Crippen LogP contribution is 2.32. The molecule has 150 valence electrons. The van der Waals surface area contributed by atoms with Crippen LogP contribution < -0.4 is 5.56 Å². The van der Waals surface area contributed by atoms with Gasteiger partial charge in [-0.05, 0) is 0 Å². The highest BCUT2D eigenvalue weighted by atomic mass is 16.6. The Morgan fingerprint density at radius 2 is 1.71 bits per heavy atom. The van der Waals surface area contributed by atoms with Gasteiger partial charge in [0.25, 0.3) is 5.56 Å². The van der Waals surface area contributed by atoms with Crippen LogP contribution in [0.15, 0.2) is 17.4 Å². The molecule has 1 saturated heterocycles. The number of ether oxygens (including phenoxy) is 4. The fourth-order valence-corrected chi connectivity index (χ4v) is 3.01. The molecule has 0 radical (unpaired) electrons. The van der Waals surface area contributed by atoms with Crippen molar-refractivity contribution in [3.8, 4) is 0 Å². The van der Waals surface area contributed by atoms with Crippen LogP contribution in [0.4, 0.5) is 0 Å². The van der Waals surface area contributed by atoms with Crippen LogP contribution in [0, 0.1) is 0 Å². The average Bonchev–Trinajstić information content (AvgIpc) is 3.02. The molecule has 0 bridgehead atoms. The Morgan fingerprint density at radius 1 is 1.07 bits per heavy atom. The lowest BCUT2D eigenvalue weighted by molar-refractivity contribution is -0.239. The molecule has 3 rings (SSSR count). The molecule has 3 heterocycles. The molecule has 2 aromatic rings. The molecule has 1 fully saturated rings. The first-order valence-corrected chi connectivity index (χ1v) is 8.31. The summed E-state index contributed by atoms with van der Waals surface area (Å²) in [6.07, 6.45) is -1.85. The second-order valence-corrected chi connectivity index (χ2v) is 6.08. The van der Waals surface area contributed by atoms with E-state index in [1.54, 1.807) is 0 Å². The molecule has 0 amide bonds. The van der Waals surface area contributed by atoms with Crippen molar-refractivity contribution in [2.24, 2.45) is 0 Å². The summed E-state index contributed by atoms with van der Waals surface area (Å²) in [6.45, 7) is 3.39. The van der Waals surface area contributed by atoms with Gasteiger partial charge in [0.1, 0.15) is 0 Å². The van der Waals surface area contributed by atoms with E-state index in [0.717, 1.165) is 0 Å². The molecule has 0 spiro atoms. The summed E-state index contributed by atoms with van der Waals surface area (Å²) in [7, 11) is 0. The van der Waals surface area contributed by atoms with Gasteiger partial charge < -0.3 is 23.9 Å². The number of carbonyl (C=O) groups excluding carboxylic acids is 3. The highest BCUT2D eigenvalue weighted by molar-refractivity contribution is 5.70. The van der Waals surface area contributed by atoms with Gasteiger partial charge >= 0.3 is 17.9 Å². The summed E-state index contributed by atoms with van der Waals surface area (Å²) in [5.74, 6) is -1.95. The zero-order valence-corrected chi connectivity index (χ0v) is 15.3. The zero-order chi connectivity index (χ0) is 20.4. The minimum Gasteiger partial charge on any atom is -0.456 e. The summed E-state index contributed by atoms with van der Waals surface area (Å²) in [4.78, 5) is 57.1. The Hall–Kier alpha value is -3.28. The van der Waals surface area contributed by atoms with Crippen molar-refractivity contribution in [1.82, 2.24) is 19.5 Å². The quantitative estimate of drug-likeness (QED) is 0.528. The number of hydrogen-bond donors (Lipinski definition) is 1. The van der Waals surface area contributed by atoms with Crippen LogP contribution in [-0.4, -0.2) is 62.3 Å². The molecule has 28 heavy (non-hydrogen) atoms. The Balaban J connectivity index is 2.05. The van der Waals surface area contributed by atoms with Gasteiger partial charge in [0.2, 0.25) is 0 Å².